The molecule has 3 N–H and O–H groups in total. The molecule has 2 aromatic rings. The Hall–Kier alpha value is -1.52. The maximum atomic E-state index is 12.1. The van der Waals surface area contributed by atoms with Gasteiger partial charge in [0.15, 0.2) is 0 Å². The fraction of sp³-hybridized carbons (Fsp3) is 0.438. The zero-order valence-electron chi connectivity index (χ0n) is 12.9. The van der Waals surface area contributed by atoms with E-state index in [0.29, 0.717) is 13.0 Å². The third-order valence-corrected chi connectivity index (χ3v) is 3.68. The molecule has 0 aliphatic heterocycles. The van der Waals surface area contributed by atoms with Gasteiger partial charge in [0, 0.05) is 23.0 Å². The van der Waals surface area contributed by atoms with E-state index in [1.807, 2.05) is 33.8 Å². The number of fused-ring (bicyclic) bond motifs is 1. The van der Waals surface area contributed by atoms with E-state index in [2.05, 4.69) is 11.4 Å². The van der Waals surface area contributed by atoms with E-state index in [1.54, 1.807) is 6.26 Å². The van der Waals surface area contributed by atoms with Crippen LogP contribution in [0, 0.1) is 13.8 Å². The predicted octanol–water partition coefficient (Wildman–Crippen LogP) is 2.87. The maximum absolute atomic E-state index is 12.1. The molecular weight excluding hydrogens is 288 g/mol. The number of amides is 1. The highest BCUT2D eigenvalue weighted by molar-refractivity contribution is 5.89. The van der Waals surface area contributed by atoms with Crippen molar-refractivity contribution in [3.05, 3.63) is 35.1 Å². The van der Waals surface area contributed by atoms with Crippen molar-refractivity contribution in [1.29, 1.82) is 0 Å². The summed E-state index contributed by atoms with van der Waals surface area (Å²) in [5.41, 5.74) is 9.32. The fourth-order valence-corrected chi connectivity index (χ4v) is 2.17. The second kappa shape index (κ2) is 6.50. The summed E-state index contributed by atoms with van der Waals surface area (Å²) < 4.78 is 5.61. The average molecular weight is 311 g/mol. The Balaban J connectivity index is 0.00000220. The van der Waals surface area contributed by atoms with Gasteiger partial charge in [0.25, 0.3) is 0 Å². The number of halogens is 1. The van der Waals surface area contributed by atoms with Crippen molar-refractivity contribution >= 4 is 29.3 Å². The van der Waals surface area contributed by atoms with Gasteiger partial charge < -0.3 is 15.5 Å². The lowest BCUT2D eigenvalue weighted by atomic mass is 10.0. The number of carbonyl (C=O) groups is 1. The number of carbonyl (C=O) groups excluding carboxylic acids is 1. The molecule has 0 saturated heterocycles. The van der Waals surface area contributed by atoms with Crippen LogP contribution in [-0.2, 0) is 11.2 Å². The number of benzene rings is 1. The van der Waals surface area contributed by atoms with Crippen LogP contribution in [0.5, 0.6) is 0 Å². The van der Waals surface area contributed by atoms with Crippen molar-refractivity contribution in [2.75, 3.05) is 6.54 Å². The first-order valence-electron chi connectivity index (χ1n) is 6.81. The third kappa shape index (κ3) is 3.77. The van der Waals surface area contributed by atoms with Crippen molar-refractivity contribution in [2.45, 2.75) is 39.7 Å². The molecule has 1 heterocycles. The highest BCUT2D eigenvalue weighted by Crippen LogP contribution is 2.26. The van der Waals surface area contributed by atoms with Gasteiger partial charge in [-0.25, -0.2) is 0 Å². The van der Waals surface area contributed by atoms with Crippen LogP contribution in [0.3, 0.4) is 0 Å². The molecule has 1 amide bonds. The summed E-state index contributed by atoms with van der Waals surface area (Å²) in [7, 11) is 0. The van der Waals surface area contributed by atoms with E-state index < -0.39 is 0 Å². The average Bonchev–Trinajstić information content (AvgIpc) is 2.77. The van der Waals surface area contributed by atoms with E-state index >= 15 is 0 Å². The van der Waals surface area contributed by atoms with E-state index in [-0.39, 0.29) is 23.9 Å². The van der Waals surface area contributed by atoms with Gasteiger partial charge in [-0.05, 0) is 38.8 Å². The zero-order chi connectivity index (χ0) is 14.9. The number of nitrogens with one attached hydrogen (secondary N) is 1. The Morgan fingerprint density at radius 3 is 2.62 bits per heavy atom. The Labute approximate surface area is 131 Å². The van der Waals surface area contributed by atoms with Crippen LogP contribution in [-0.4, -0.2) is 18.0 Å². The second-order valence-electron chi connectivity index (χ2n) is 5.96. The minimum absolute atomic E-state index is 0. The van der Waals surface area contributed by atoms with E-state index in [1.165, 1.54) is 5.56 Å². The molecule has 1 aromatic carbocycles. The normalized spacial score (nSPS) is 11.3. The molecule has 116 valence electrons. The highest BCUT2D eigenvalue weighted by Gasteiger charge is 2.19. The van der Waals surface area contributed by atoms with E-state index in [4.69, 9.17) is 10.2 Å². The first-order chi connectivity index (χ1) is 9.34. The van der Waals surface area contributed by atoms with Gasteiger partial charge in [-0.3, -0.25) is 4.79 Å². The minimum atomic E-state index is -0.386. The number of hydrogen-bond donors (Lipinski definition) is 2. The minimum Gasteiger partial charge on any atom is -0.464 e. The molecule has 21 heavy (non-hydrogen) atoms. The van der Waals surface area contributed by atoms with Crippen LogP contribution in [0.15, 0.2) is 22.8 Å². The van der Waals surface area contributed by atoms with Gasteiger partial charge in [-0.15, -0.1) is 12.4 Å². The SMILES string of the molecule is Cc1ccc2c(CC(=O)NC(C)(C)CN)coc2c1C.Cl. The van der Waals surface area contributed by atoms with Gasteiger partial charge in [-0.1, -0.05) is 12.1 Å². The summed E-state index contributed by atoms with van der Waals surface area (Å²) >= 11 is 0. The molecule has 0 saturated carbocycles. The lowest BCUT2D eigenvalue weighted by molar-refractivity contribution is -0.121. The Morgan fingerprint density at radius 2 is 2.00 bits per heavy atom. The Bertz CT molecular complexity index is 647. The van der Waals surface area contributed by atoms with Crippen LogP contribution >= 0.6 is 12.4 Å². The highest BCUT2D eigenvalue weighted by atomic mass is 35.5. The van der Waals surface area contributed by atoms with Crippen LogP contribution < -0.4 is 11.1 Å². The van der Waals surface area contributed by atoms with Crippen LogP contribution in [0.4, 0.5) is 0 Å². The van der Waals surface area contributed by atoms with Crippen LogP contribution in [0.1, 0.15) is 30.5 Å². The van der Waals surface area contributed by atoms with Gasteiger partial charge in [-0.2, -0.15) is 0 Å². The molecule has 0 aliphatic carbocycles. The quantitative estimate of drug-likeness (QED) is 0.912. The van der Waals surface area contributed by atoms with Gasteiger partial charge in [0.05, 0.1) is 12.7 Å². The molecule has 0 fully saturated rings. The summed E-state index contributed by atoms with van der Waals surface area (Å²) in [4.78, 5) is 12.1. The lowest BCUT2D eigenvalue weighted by Crippen LogP contribution is -2.49. The molecule has 4 nitrogen and oxygen atoms in total. The fourth-order valence-electron chi connectivity index (χ4n) is 2.17. The summed E-state index contributed by atoms with van der Waals surface area (Å²) in [6, 6.07) is 4.07. The van der Waals surface area contributed by atoms with Crippen molar-refractivity contribution in [1.82, 2.24) is 5.32 Å². The van der Waals surface area contributed by atoms with Crippen LogP contribution in [0.25, 0.3) is 11.0 Å². The molecule has 0 bridgehead atoms. The summed E-state index contributed by atoms with van der Waals surface area (Å²) in [5.74, 6) is -0.0404. The van der Waals surface area contributed by atoms with E-state index in [9.17, 15) is 4.79 Å². The predicted molar refractivity (Wildman–Crippen MR) is 87.9 cm³/mol. The molecule has 0 aliphatic rings. The van der Waals surface area contributed by atoms with Gasteiger partial charge in [0.1, 0.15) is 5.58 Å². The monoisotopic (exact) mass is 310 g/mol. The molecule has 5 heteroatoms. The number of hydrogen-bond acceptors (Lipinski definition) is 3. The first kappa shape index (κ1) is 17.5. The largest absolute Gasteiger partial charge is 0.464 e. The molecule has 0 atom stereocenters. The van der Waals surface area contributed by atoms with Crippen molar-refractivity contribution < 1.29 is 9.21 Å². The van der Waals surface area contributed by atoms with Crippen molar-refractivity contribution in [3.8, 4) is 0 Å². The molecule has 0 unspecified atom stereocenters. The van der Waals surface area contributed by atoms with Crippen LogP contribution in [0.2, 0.25) is 0 Å². The molecule has 2 rings (SSSR count). The lowest BCUT2D eigenvalue weighted by Gasteiger charge is -2.24. The Kier molecular flexibility index (Phi) is 5.42. The summed E-state index contributed by atoms with van der Waals surface area (Å²) in [6.45, 7) is 8.30. The molecule has 0 spiro atoms. The van der Waals surface area contributed by atoms with Crippen molar-refractivity contribution in [2.24, 2.45) is 5.73 Å². The first-order valence-corrected chi connectivity index (χ1v) is 6.81. The Morgan fingerprint density at radius 1 is 1.33 bits per heavy atom. The number of nitrogens with two attached hydrogens (primary N) is 1. The summed E-state index contributed by atoms with van der Waals surface area (Å²) in [5, 5.41) is 3.94. The maximum Gasteiger partial charge on any atom is 0.225 e. The summed E-state index contributed by atoms with van der Waals surface area (Å²) in [6.07, 6.45) is 1.98. The molecular formula is C16H23ClN2O2. The van der Waals surface area contributed by atoms with E-state index in [0.717, 1.165) is 22.1 Å². The number of aryl methyl sites for hydroxylation is 2. The second-order valence-corrected chi connectivity index (χ2v) is 5.96. The number of furan rings is 1. The topological polar surface area (TPSA) is 68.3 Å². The number of rotatable bonds is 4. The van der Waals surface area contributed by atoms with Gasteiger partial charge in [0.2, 0.25) is 5.91 Å². The molecule has 1 aromatic heterocycles. The molecule has 0 radical (unpaired) electrons. The third-order valence-electron chi connectivity index (χ3n) is 3.68. The zero-order valence-corrected chi connectivity index (χ0v) is 13.8. The standard InChI is InChI=1S/C16H22N2O2.ClH/c1-10-5-6-13-12(8-20-15(13)11(10)2)7-14(19)18-16(3,4)9-17;/h5-6,8H,7,9,17H2,1-4H3,(H,18,19);1H. The smallest absolute Gasteiger partial charge is 0.225 e. The van der Waals surface area contributed by atoms with Gasteiger partial charge >= 0.3 is 0 Å². The van der Waals surface area contributed by atoms with Crippen molar-refractivity contribution in [3.63, 3.8) is 0 Å².